The topological polar surface area (TPSA) is 70.2 Å². The SMILES string of the molecule is CC(=O)Nc1cccc(Nc2cc(N3CCCc4ccccc43)ncn2)c1. The molecule has 0 bridgehead atoms. The molecule has 1 aromatic heterocycles. The zero-order valence-electron chi connectivity index (χ0n) is 15.1. The third-order valence-electron chi connectivity index (χ3n) is 4.49. The number of carbonyl (C=O) groups is 1. The monoisotopic (exact) mass is 359 g/mol. The van der Waals surface area contributed by atoms with Crippen LogP contribution in [0, 0.1) is 0 Å². The van der Waals surface area contributed by atoms with E-state index in [0.29, 0.717) is 5.82 Å². The Morgan fingerprint density at radius 2 is 1.89 bits per heavy atom. The molecule has 0 aliphatic carbocycles. The van der Waals surface area contributed by atoms with Crippen LogP contribution in [0.3, 0.4) is 0 Å². The van der Waals surface area contributed by atoms with Crippen molar-refractivity contribution in [3.8, 4) is 0 Å². The average Bonchev–Trinajstić information content (AvgIpc) is 2.67. The Hall–Kier alpha value is -3.41. The summed E-state index contributed by atoms with van der Waals surface area (Å²) in [6, 6.07) is 18.0. The van der Waals surface area contributed by atoms with Crippen LogP contribution in [0.5, 0.6) is 0 Å². The van der Waals surface area contributed by atoms with Gasteiger partial charge >= 0.3 is 0 Å². The van der Waals surface area contributed by atoms with E-state index in [2.05, 4.69) is 49.8 Å². The number of hydrogen-bond acceptors (Lipinski definition) is 5. The molecule has 0 fully saturated rings. The molecule has 1 aliphatic rings. The van der Waals surface area contributed by atoms with Gasteiger partial charge in [0.05, 0.1) is 0 Å². The first-order valence-corrected chi connectivity index (χ1v) is 9.01. The van der Waals surface area contributed by atoms with Crippen molar-refractivity contribution < 1.29 is 4.79 Å². The van der Waals surface area contributed by atoms with Crippen molar-refractivity contribution in [1.82, 2.24) is 9.97 Å². The molecule has 0 atom stereocenters. The Bertz CT molecular complexity index is 972. The zero-order chi connectivity index (χ0) is 18.6. The molecule has 0 saturated heterocycles. The number of carbonyl (C=O) groups excluding carboxylic acids is 1. The molecule has 1 aliphatic heterocycles. The van der Waals surface area contributed by atoms with Gasteiger partial charge in [-0.2, -0.15) is 0 Å². The van der Waals surface area contributed by atoms with E-state index in [0.717, 1.165) is 36.6 Å². The molecule has 2 aromatic carbocycles. The number of hydrogen-bond donors (Lipinski definition) is 2. The second-order valence-corrected chi connectivity index (χ2v) is 6.53. The Labute approximate surface area is 158 Å². The van der Waals surface area contributed by atoms with E-state index in [9.17, 15) is 4.79 Å². The number of rotatable bonds is 4. The Morgan fingerprint density at radius 1 is 1.04 bits per heavy atom. The maximum absolute atomic E-state index is 11.2. The quantitative estimate of drug-likeness (QED) is 0.728. The standard InChI is InChI=1S/C21H21N5O/c1-15(27)24-17-8-4-9-18(12-17)25-20-13-21(23-14-22-20)26-11-5-7-16-6-2-3-10-19(16)26/h2-4,6,8-10,12-14H,5,7,11H2,1H3,(H,24,27)(H,22,23,25). The lowest BCUT2D eigenvalue weighted by Gasteiger charge is -2.30. The molecule has 27 heavy (non-hydrogen) atoms. The van der Waals surface area contributed by atoms with Gasteiger partial charge in [0.1, 0.15) is 18.0 Å². The van der Waals surface area contributed by atoms with Crippen molar-refractivity contribution in [2.24, 2.45) is 0 Å². The largest absolute Gasteiger partial charge is 0.340 e. The fourth-order valence-corrected chi connectivity index (χ4v) is 3.36. The molecule has 2 heterocycles. The number of fused-ring (bicyclic) bond motifs is 1. The van der Waals surface area contributed by atoms with Crippen molar-refractivity contribution in [1.29, 1.82) is 0 Å². The molecule has 136 valence electrons. The number of amides is 1. The third-order valence-corrected chi connectivity index (χ3v) is 4.49. The van der Waals surface area contributed by atoms with E-state index in [1.165, 1.54) is 18.2 Å². The van der Waals surface area contributed by atoms with Crippen LogP contribution in [0.15, 0.2) is 60.9 Å². The van der Waals surface area contributed by atoms with Crippen LogP contribution >= 0.6 is 0 Å². The summed E-state index contributed by atoms with van der Waals surface area (Å²) in [7, 11) is 0. The molecule has 3 aromatic rings. The minimum absolute atomic E-state index is 0.0970. The van der Waals surface area contributed by atoms with Gasteiger partial charge in [0.15, 0.2) is 0 Å². The average molecular weight is 359 g/mol. The van der Waals surface area contributed by atoms with Gasteiger partial charge in [-0.1, -0.05) is 24.3 Å². The number of anilines is 5. The fraction of sp³-hybridized carbons (Fsp3) is 0.190. The maximum Gasteiger partial charge on any atom is 0.221 e. The highest BCUT2D eigenvalue weighted by atomic mass is 16.1. The number of nitrogens with zero attached hydrogens (tertiary/aromatic N) is 3. The van der Waals surface area contributed by atoms with Crippen molar-refractivity contribution >= 4 is 34.6 Å². The Balaban J connectivity index is 1.58. The van der Waals surface area contributed by atoms with Gasteiger partial charge in [0.25, 0.3) is 0 Å². The van der Waals surface area contributed by atoms with Crippen LogP contribution in [0.2, 0.25) is 0 Å². The predicted molar refractivity (Wildman–Crippen MR) is 108 cm³/mol. The fourth-order valence-electron chi connectivity index (χ4n) is 3.36. The lowest BCUT2D eigenvalue weighted by Crippen LogP contribution is -2.25. The number of para-hydroxylation sites is 1. The molecule has 1 amide bonds. The summed E-state index contributed by atoms with van der Waals surface area (Å²) in [6.07, 6.45) is 3.77. The van der Waals surface area contributed by atoms with Gasteiger partial charge in [-0.05, 0) is 42.7 Å². The predicted octanol–water partition coefficient (Wildman–Crippen LogP) is 4.26. The number of benzene rings is 2. The molecule has 4 rings (SSSR count). The zero-order valence-corrected chi connectivity index (χ0v) is 15.1. The molecular formula is C21H21N5O. The third kappa shape index (κ3) is 3.89. The highest BCUT2D eigenvalue weighted by molar-refractivity contribution is 5.89. The summed E-state index contributed by atoms with van der Waals surface area (Å²) in [6.45, 7) is 2.43. The van der Waals surface area contributed by atoms with Crippen molar-refractivity contribution in [2.75, 3.05) is 22.1 Å². The molecule has 2 N–H and O–H groups in total. The lowest BCUT2D eigenvalue weighted by molar-refractivity contribution is -0.114. The summed E-state index contributed by atoms with van der Waals surface area (Å²) in [5.41, 5.74) is 4.15. The molecule has 0 unspecified atom stereocenters. The number of aromatic nitrogens is 2. The van der Waals surface area contributed by atoms with Crippen LogP contribution in [-0.2, 0) is 11.2 Å². The van der Waals surface area contributed by atoms with E-state index < -0.39 is 0 Å². The first-order valence-electron chi connectivity index (χ1n) is 9.01. The lowest BCUT2D eigenvalue weighted by atomic mass is 10.0. The van der Waals surface area contributed by atoms with Crippen molar-refractivity contribution in [2.45, 2.75) is 19.8 Å². The van der Waals surface area contributed by atoms with Gasteiger partial charge < -0.3 is 15.5 Å². The number of nitrogens with one attached hydrogen (secondary N) is 2. The highest BCUT2D eigenvalue weighted by Gasteiger charge is 2.19. The molecular weight excluding hydrogens is 338 g/mol. The smallest absolute Gasteiger partial charge is 0.221 e. The number of aryl methyl sites for hydroxylation is 1. The van der Waals surface area contributed by atoms with Gasteiger partial charge in [0.2, 0.25) is 5.91 Å². The summed E-state index contributed by atoms with van der Waals surface area (Å²) < 4.78 is 0. The van der Waals surface area contributed by atoms with Crippen LogP contribution < -0.4 is 15.5 Å². The van der Waals surface area contributed by atoms with Crippen molar-refractivity contribution in [3.05, 3.63) is 66.5 Å². The van der Waals surface area contributed by atoms with Crippen molar-refractivity contribution in [3.63, 3.8) is 0 Å². The van der Waals surface area contributed by atoms with Crippen LogP contribution in [0.4, 0.5) is 28.7 Å². The first-order chi connectivity index (χ1) is 13.2. The maximum atomic E-state index is 11.2. The minimum atomic E-state index is -0.0970. The van der Waals surface area contributed by atoms with Crippen LogP contribution in [-0.4, -0.2) is 22.4 Å². The second kappa shape index (κ2) is 7.45. The Morgan fingerprint density at radius 3 is 2.78 bits per heavy atom. The highest BCUT2D eigenvalue weighted by Crippen LogP contribution is 2.33. The molecule has 0 radical (unpaired) electrons. The van der Waals surface area contributed by atoms with E-state index in [1.807, 2.05) is 30.3 Å². The van der Waals surface area contributed by atoms with Crippen LogP contribution in [0.25, 0.3) is 0 Å². The normalized spacial score (nSPS) is 13.0. The van der Waals surface area contributed by atoms with Gasteiger partial charge in [-0.3, -0.25) is 4.79 Å². The van der Waals surface area contributed by atoms with E-state index >= 15 is 0 Å². The van der Waals surface area contributed by atoms with Gasteiger partial charge in [-0.25, -0.2) is 9.97 Å². The Kier molecular flexibility index (Phi) is 4.70. The molecule has 6 nitrogen and oxygen atoms in total. The minimum Gasteiger partial charge on any atom is -0.340 e. The summed E-state index contributed by atoms with van der Waals surface area (Å²) in [5.74, 6) is 1.49. The van der Waals surface area contributed by atoms with E-state index in [-0.39, 0.29) is 5.91 Å². The van der Waals surface area contributed by atoms with E-state index in [1.54, 1.807) is 6.33 Å². The second-order valence-electron chi connectivity index (χ2n) is 6.53. The van der Waals surface area contributed by atoms with Gasteiger partial charge in [-0.15, -0.1) is 0 Å². The molecule has 0 saturated carbocycles. The summed E-state index contributed by atoms with van der Waals surface area (Å²) in [4.78, 5) is 22.3. The first kappa shape index (κ1) is 17.0. The molecule has 6 heteroatoms. The summed E-state index contributed by atoms with van der Waals surface area (Å²) in [5, 5.41) is 6.08. The van der Waals surface area contributed by atoms with E-state index in [4.69, 9.17) is 0 Å². The van der Waals surface area contributed by atoms with Gasteiger partial charge in [0, 0.05) is 36.6 Å². The molecule has 0 spiro atoms. The summed E-state index contributed by atoms with van der Waals surface area (Å²) >= 11 is 0. The van der Waals surface area contributed by atoms with Crippen LogP contribution in [0.1, 0.15) is 18.9 Å².